The molecule has 0 aromatic rings. The lowest BCUT2D eigenvalue weighted by Gasteiger charge is -2.18. The average molecular weight is 823 g/mol. The van der Waals surface area contributed by atoms with Gasteiger partial charge in [0.15, 0.2) is 6.10 Å². The number of hydrogen-bond acceptors (Lipinski definition) is 6. The van der Waals surface area contributed by atoms with E-state index in [4.69, 9.17) is 14.2 Å². The first-order chi connectivity index (χ1) is 29.0. The van der Waals surface area contributed by atoms with Crippen LogP contribution < -0.4 is 0 Å². The molecule has 0 fully saturated rings. The molecule has 0 rings (SSSR count). The fraction of sp³-hybridized carbons (Fsp3) is 0.717. The highest BCUT2D eigenvalue weighted by Crippen LogP contribution is 2.13. The third kappa shape index (κ3) is 45.8. The van der Waals surface area contributed by atoms with E-state index in [0.29, 0.717) is 19.3 Å². The maximum absolute atomic E-state index is 12.7. The van der Waals surface area contributed by atoms with E-state index in [1.54, 1.807) is 0 Å². The Hall–Kier alpha value is -3.15. The molecule has 0 saturated carbocycles. The highest BCUT2D eigenvalue weighted by atomic mass is 16.6. The zero-order valence-corrected chi connectivity index (χ0v) is 38.5. The normalized spacial score (nSPS) is 12.7. The summed E-state index contributed by atoms with van der Waals surface area (Å²) in [5.74, 6) is -0.956. The zero-order chi connectivity index (χ0) is 43.0. The molecule has 6 nitrogen and oxygen atoms in total. The molecule has 6 heteroatoms. The first-order valence-corrected chi connectivity index (χ1v) is 24.4. The Bertz CT molecular complexity index is 1130. The number of allylic oxidation sites excluding steroid dienone is 12. The summed E-state index contributed by atoms with van der Waals surface area (Å²) in [5, 5.41) is 0. The maximum Gasteiger partial charge on any atom is 0.306 e. The first kappa shape index (κ1) is 55.9. The van der Waals surface area contributed by atoms with Crippen molar-refractivity contribution in [3.05, 3.63) is 72.9 Å². The summed E-state index contributed by atoms with van der Waals surface area (Å²) in [7, 11) is 0. The van der Waals surface area contributed by atoms with Crippen LogP contribution in [0.3, 0.4) is 0 Å². The van der Waals surface area contributed by atoms with E-state index in [0.717, 1.165) is 109 Å². The van der Waals surface area contributed by atoms with Gasteiger partial charge < -0.3 is 14.2 Å². The summed E-state index contributed by atoms with van der Waals surface area (Å²) in [6, 6.07) is 0. The van der Waals surface area contributed by atoms with Gasteiger partial charge in [0, 0.05) is 19.3 Å². The smallest absolute Gasteiger partial charge is 0.306 e. The SMILES string of the molecule is CC/C=C\C/C=C\C/C=C\C/C=C\CCCCCC(=O)OCC(COC(=O)CCCCCCC/C=C\CCCCC)OC(=O)CCCCC/C=C\CCCCCCCC. The van der Waals surface area contributed by atoms with Crippen molar-refractivity contribution < 1.29 is 28.6 Å². The van der Waals surface area contributed by atoms with Crippen LogP contribution in [0.2, 0.25) is 0 Å². The van der Waals surface area contributed by atoms with Crippen molar-refractivity contribution in [1.29, 1.82) is 0 Å². The number of rotatable bonds is 43. The summed E-state index contributed by atoms with van der Waals surface area (Å²) >= 11 is 0. The molecule has 0 aliphatic carbocycles. The molecule has 0 radical (unpaired) electrons. The second kappa shape index (κ2) is 47.5. The van der Waals surface area contributed by atoms with Crippen LogP contribution in [0.4, 0.5) is 0 Å². The molecule has 1 unspecified atom stereocenters. The van der Waals surface area contributed by atoms with Gasteiger partial charge >= 0.3 is 17.9 Å². The van der Waals surface area contributed by atoms with Gasteiger partial charge in [-0.15, -0.1) is 0 Å². The maximum atomic E-state index is 12.7. The lowest BCUT2D eigenvalue weighted by Crippen LogP contribution is -2.30. The van der Waals surface area contributed by atoms with Gasteiger partial charge in [0.1, 0.15) is 13.2 Å². The van der Waals surface area contributed by atoms with Crippen LogP contribution in [0.25, 0.3) is 0 Å². The Morgan fingerprint density at radius 1 is 0.356 bits per heavy atom. The van der Waals surface area contributed by atoms with E-state index in [2.05, 4.69) is 93.7 Å². The molecule has 0 heterocycles. The van der Waals surface area contributed by atoms with Crippen LogP contribution in [-0.4, -0.2) is 37.2 Å². The lowest BCUT2D eigenvalue weighted by molar-refractivity contribution is -0.167. The number of esters is 3. The van der Waals surface area contributed by atoms with E-state index >= 15 is 0 Å². The van der Waals surface area contributed by atoms with Crippen molar-refractivity contribution >= 4 is 17.9 Å². The molecule has 0 amide bonds. The monoisotopic (exact) mass is 823 g/mol. The zero-order valence-electron chi connectivity index (χ0n) is 38.5. The molecule has 0 N–H and O–H groups in total. The number of hydrogen-bond donors (Lipinski definition) is 0. The Morgan fingerprint density at radius 3 is 1.10 bits per heavy atom. The quantitative estimate of drug-likeness (QED) is 0.0264. The Labute approximate surface area is 363 Å². The molecular weight excluding hydrogens is 733 g/mol. The highest BCUT2D eigenvalue weighted by Gasteiger charge is 2.19. The number of unbranched alkanes of at least 4 members (excludes halogenated alkanes) is 20. The van der Waals surface area contributed by atoms with Crippen molar-refractivity contribution in [1.82, 2.24) is 0 Å². The summed E-state index contributed by atoms with van der Waals surface area (Å²) in [4.78, 5) is 37.8. The molecule has 59 heavy (non-hydrogen) atoms. The second-order valence-corrected chi connectivity index (χ2v) is 16.0. The van der Waals surface area contributed by atoms with Gasteiger partial charge in [-0.1, -0.05) is 171 Å². The van der Waals surface area contributed by atoms with Gasteiger partial charge in [-0.05, 0) is 109 Å². The van der Waals surface area contributed by atoms with E-state index < -0.39 is 6.10 Å². The third-order valence-corrected chi connectivity index (χ3v) is 10.2. The van der Waals surface area contributed by atoms with Crippen molar-refractivity contribution in [3.8, 4) is 0 Å². The van der Waals surface area contributed by atoms with Gasteiger partial charge in [-0.3, -0.25) is 14.4 Å². The van der Waals surface area contributed by atoms with Gasteiger partial charge in [-0.25, -0.2) is 0 Å². The topological polar surface area (TPSA) is 78.9 Å². The molecule has 0 aliphatic rings. The molecule has 1 atom stereocenters. The van der Waals surface area contributed by atoms with Crippen LogP contribution in [-0.2, 0) is 28.6 Å². The molecule has 338 valence electrons. The van der Waals surface area contributed by atoms with Crippen LogP contribution in [0.5, 0.6) is 0 Å². The summed E-state index contributed by atoms with van der Waals surface area (Å²) in [6.07, 6.45) is 58.8. The van der Waals surface area contributed by atoms with Gasteiger partial charge in [0.25, 0.3) is 0 Å². The van der Waals surface area contributed by atoms with Crippen molar-refractivity contribution in [2.75, 3.05) is 13.2 Å². The standard InChI is InChI=1S/C53H90O6/c1-4-7-10-13-16-19-22-25-26-27-29-31-34-37-40-43-46-52(55)58-49-50(48-57-51(54)45-42-39-36-33-30-24-21-18-15-12-9-6-3)59-53(56)47-44-41-38-35-32-28-23-20-17-14-11-8-5-2/h7,10,16,18-19,21,25-26,28-29,31-32,50H,4-6,8-9,11-15,17,20,22-24,27,30,33-49H2,1-3H3/b10-7-,19-16-,21-18-,26-25-,31-29-,32-28-. The number of ether oxygens (including phenoxy) is 3. The number of carbonyl (C=O) groups is 3. The summed E-state index contributed by atoms with van der Waals surface area (Å²) in [6.45, 7) is 6.43. The second-order valence-electron chi connectivity index (χ2n) is 16.0. The first-order valence-electron chi connectivity index (χ1n) is 24.4. The van der Waals surface area contributed by atoms with Gasteiger partial charge in [-0.2, -0.15) is 0 Å². The predicted octanol–water partition coefficient (Wildman–Crippen LogP) is 15.9. The summed E-state index contributed by atoms with van der Waals surface area (Å²) in [5.41, 5.74) is 0. The molecule has 0 spiro atoms. The largest absolute Gasteiger partial charge is 0.462 e. The minimum absolute atomic E-state index is 0.0965. The third-order valence-electron chi connectivity index (χ3n) is 10.2. The van der Waals surface area contributed by atoms with Crippen LogP contribution >= 0.6 is 0 Å². The molecule has 0 bridgehead atoms. The fourth-order valence-corrected chi connectivity index (χ4v) is 6.48. The lowest BCUT2D eigenvalue weighted by atomic mass is 10.1. The average Bonchev–Trinajstić information content (AvgIpc) is 3.23. The van der Waals surface area contributed by atoms with Crippen LogP contribution in [0.1, 0.15) is 226 Å². The predicted molar refractivity (Wildman–Crippen MR) is 251 cm³/mol. The van der Waals surface area contributed by atoms with E-state index in [1.807, 2.05) is 0 Å². The van der Waals surface area contributed by atoms with Crippen LogP contribution in [0.15, 0.2) is 72.9 Å². The molecule has 0 aliphatic heterocycles. The Balaban J connectivity index is 4.47. The fourth-order valence-electron chi connectivity index (χ4n) is 6.48. The van der Waals surface area contributed by atoms with E-state index in [-0.39, 0.29) is 31.1 Å². The minimum atomic E-state index is -0.798. The summed E-state index contributed by atoms with van der Waals surface area (Å²) < 4.78 is 16.7. The van der Waals surface area contributed by atoms with Crippen molar-refractivity contribution in [2.24, 2.45) is 0 Å². The Morgan fingerprint density at radius 2 is 0.661 bits per heavy atom. The molecule has 0 aromatic heterocycles. The highest BCUT2D eigenvalue weighted by molar-refractivity contribution is 5.71. The van der Waals surface area contributed by atoms with E-state index in [9.17, 15) is 14.4 Å². The van der Waals surface area contributed by atoms with Crippen molar-refractivity contribution in [3.63, 3.8) is 0 Å². The molecular formula is C53H90O6. The number of carbonyl (C=O) groups excluding carboxylic acids is 3. The van der Waals surface area contributed by atoms with Gasteiger partial charge in [0.2, 0.25) is 0 Å². The van der Waals surface area contributed by atoms with Gasteiger partial charge in [0.05, 0.1) is 0 Å². The minimum Gasteiger partial charge on any atom is -0.462 e. The van der Waals surface area contributed by atoms with Crippen molar-refractivity contribution in [2.45, 2.75) is 232 Å². The molecule has 0 saturated heterocycles. The Kier molecular flexibility index (Phi) is 45.0. The molecule has 0 aromatic carbocycles. The van der Waals surface area contributed by atoms with Crippen LogP contribution in [0, 0.1) is 0 Å². The van der Waals surface area contributed by atoms with E-state index in [1.165, 1.54) is 77.0 Å².